The third-order valence-corrected chi connectivity index (χ3v) is 11.6. The summed E-state index contributed by atoms with van der Waals surface area (Å²) >= 11 is 3.12. The standard InChI is InChI=1S/C34H36N10O3S2/c1-42-20-37-31(41-42)27-17-36-32(49-27)21-9-12-44(13-10-21)29(45)18-43-14-11-34(19-43,48-2)33(46)38-23-4-7-26-25(15-23)30(40-39-26)22-3-8-28(35-16-22)47-24-5-6-24/h3-4,7-9,15-17,20,24H,5-6,10-14,18-19H2,1-2H3,(H,38,46)(H,39,40). The first kappa shape index (κ1) is 31.7. The number of hydrogen-bond donors (Lipinski definition) is 2. The molecule has 3 aliphatic rings. The number of nitrogens with zero attached hydrogens (tertiary/aromatic N) is 8. The van der Waals surface area contributed by atoms with Crippen LogP contribution in [0.1, 0.15) is 30.7 Å². The molecule has 8 rings (SSSR count). The molecule has 2 aliphatic heterocycles. The SMILES string of the molecule is CSC1(C(=O)Nc2ccc3[nH]nc(-c4ccc(OC5CC5)nc4)c3c2)CCN(CC(=O)N2CC=C(c3ncc(-c4ncn(C)n4)s3)CC2)C1. The first-order valence-electron chi connectivity index (χ1n) is 16.3. The van der Waals surface area contributed by atoms with Gasteiger partial charge >= 0.3 is 0 Å². The van der Waals surface area contributed by atoms with Crippen molar-refractivity contribution in [2.24, 2.45) is 7.05 Å². The minimum atomic E-state index is -0.657. The van der Waals surface area contributed by atoms with Crippen LogP contribution in [0.15, 0.2) is 55.1 Å². The van der Waals surface area contributed by atoms with Crippen molar-refractivity contribution in [3.05, 3.63) is 60.1 Å². The van der Waals surface area contributed by atoms with Crippen molar-refractivity contribution >= 4 is 57.1 Å². The molecule has 5 aromatic rings. The third-order valence-electron chi connectivity index (χ3n) is 9.28. The predicted molar refractivity (Wildman–Crippen MR) is 190 cm³/mol. The molecule has 0 bridgehead atoms. The fraction of sp³-hybridized carbons (Fsp3) is 0.382. The molecule has 2 fully saturated rings. The van der Waals surface area contributed by atoms with Crippen LogP contribution >= 0.6 is 23.1 Å². The van der Waals surface area contributed by atoms with Gasteiger partial charge < -0.3 is 15.0 Å². The Morgan fingerprint density at radius 2 is 2.04 bits per heavy atom. The molecule has 2 N–H and O–H groups in total. The Bertz CT molecular complexity index is 2050. The lowest BCUT2D eigenvalue weighted by Crippen LogP contribution is -2.45. The molecular formula is C34H36N10O3S2. The van der Waals surface area contributed by atoms with Crippen molar-refractivity contribution in [2.45, 2.75) is 36.5 Å². The lowest BCUT2D eigenvalue weighted by Gasteiger charge is -2.29. The molecule has 0 radical (unpaired) electrons. The number of pyridine rings is 1. The second-order valence-corrected chi connectivity index (χ2v) is 15.0. The number of thioether (sulfide) groups is 1. The minimum absolute atomic E-state index is 0.0585. The van der Waals surface area contributed by atoms with Crippen molar-refractivity contribution in [3.63, 3.8) is 0 Å². The van der Waals surface area contributed by atoms with Crippen LogP contribution < -0.4 is 10.1 Å². The number of aromatic amines is 1. The summed E-state index contributed by atoms with van der Waals surface area (Å²) in [5.41, 5.74) is 4.34. The van der Waals surface area contributed by atoms with Crippen molar-refractivity contribution in [2.75, 3.05) is 44.3 Å². The molecule has 49 heavy (non-hydrogen) atoms. The Hall–Kier alpha value is -4.60. The van der Waals surface area contributed by atoms with Crippen LogP contribution in [-0.2, 0) is 16.6 Å². The minimum Gasteiger partial charge on any atom is -0.474 e. The summed E-state index contributed by atoms with van der Waals surface area (Å²) in [4.78, 5) is 45.4. The van der Waals surface area contributed by atoms with Crippen LogP contribution in [-0.4, -0.2) is 106 Å². The summed E-state index contributed by atoms with van der Waals surface area (Å²) in [6.45, 7) is 2.64. The van der Waals surface area contributed by atoms with Crippen LogP contribution in [0.4, 0.5) is 5.69 Å². The van der Waals surface area contributed by atoms with Gasteiger partial charge in [-0.25, -0.2) is 15.0 Å². The number of nitrogens with one attached hydrogen (secondary N) is 2. The topological polar surface area (TPSA) is 147 Å². The molecule has 15 heteroatoms. The van der Waals surface area contributed by atoms with E-state index in [1.165, 1.54) is 0 Å². The van der Waals surface area contributed by atoms with Crippen LogP contribution in [0.25, 0.3) is 38.4 Å². The van der Waals surface area contributed by atoms with Gasteiger partial charge in [0, 0.05) is 68.3 Å². The maximum Gasteiger partial charge on any atom is 0.241 e. The van der Waals surface area contributed by atoms with E-state index in [0.29, 0.717) is 50.0 Å². The number of amides is 2. The number of anilines is 1. The number of hydrogen-bond acceptors (Lipinski definition) is 11. The predicted octanol–water partition coefficient (Wildman–Crippen LogP) is 4.48. The average molecular weight is 697 g/mol. The molecule has 1 saturated heterocycles. The molecule has 2 amide bonds. The maximum absolute atomic E-state index is 13.8. The first-order valence-corrected chi connectivity index (χ1v) is 18.4. The lowest BCUT2D eigenvalue weighted by atomic mass is 10.1. The molecular weight excluding hydrogens is 661 g/mol. The second-order valence-electron chi connectivity index (χ2n) is 12.7. The van der Waals surface area contributed by atoms with Gasteiger partial charge in [-0.05, 0) is 61.8 Å². The van der Waals surface area contributed by atoms with Crippen molar-refractivity contribution in [1.29, 1.82) is 0 Å². The van der Waals surface area contributed by atoms with E-state index in [1.807, 2.05) is 54.7 Å². The Kier molecular flexibility index (Phi) is 8.41. The number of carbonyl (C=O) groups is 2. The van der Waals surface area contributed by atoms with Crippen molar-refractivity contribution < 1.29 is 14.3 Å². The van der Waals surface area contributed by atoms with E-state index in [-0.39, 0.29) is 24.5 Å². The number of H-pyrrole nitrogens is 1. The third kappa shape index (κ3) is 6.57. The van der Waals surface area contributed by atoms with E-state index in [1.54, 1.807) is 40.3 Å². The number of fused-ring (bicyclic) bond motifs is 1. The van der Waals surface area contributed by atoms with Crippen molar-refractivity contribution in [1.82, 2.24) is 44.7 Å². The van der Waals surface area contributed by atoms with Crippen LogP contribution in [0.3, 0.4) is 0 Å². The molecule has 1 aromatic carbocycles. The molecule has 1 aliphatic carbocycles. The van der Waals surface area contributed by atoms with E-state index in [4.69, 9.17) is 4.74 Å². The van der Waals surface area contributed by atoms with E-state index < -0.39 is 4.75 Å². The van der Waals surface area contributed by atoms with Gasteiger partial charge in [-0.2, -0.15) is 10.2 Å². The Morgan fingerprint density at radius 1 is 1.14 bits per heavy atom. The Morgan fingerprint density at radius 3 is 2.78 bits per heavy atom. The molecule has 1 unspecified atom stereocenters. The van der Waals surface area contributed by atoms with E-state index in [0.717, 1.165) is 56.9 Å². The molecule has 1 atom stereocenters. The zero-order chi connectivity index (χ0) is 33.5. The molecule has 6 heterocycles. The zero-order valence-electron chi connectivity index (χ0n) is 27.3. The van der Waals surface area contributed by atoms with Crippen LogP contribution in [0, 0.1) is 0 Å². The lowest BCUT2D eigenvalue weighted by molar-refractivity contribution is -0.132. The van der Waals surface area contributed by atoms with Gasteiger partial charge in [-0.3, -0.25) is 24.3 Å². The number of carbonyl (C=O) groups excluding carboxylic acids is 2. The number of aromatic nitrogens is 7. The average Bonchev–Trinajstić information content (AvgIpc) is 3.52. The summed E-state index contributed by atoms with van der Waals surface area (Å²) in [7, 11) is 1.84. The van der Waals surface area contributed by atoms with Crippen LogP contribution in [0.2, 0.25) is 0 Å². The highest BCUT2D eigenvalue weighted by Gasteiger charge is 2.44. The fourth-order valence-electron chi connectivity index (χ4n) is 6.30. The fourth-order valence-corrected chi connectivity index (χ4v) is 8.06. The molecule has 0 spiro atoms. The molecule has 252 valence electrons. The van der Waals surface area contributed by atoms with Gasteiger partial charge in [0.2, 0.25) is 17.7 Å². The van der Waals surface area contributed by atoms with Gasteiger partial charge in [0.15, 0.2) is 5.82 Å². The first-order chi connectivity index (χ1) is 23.9. The highest BCUT2D eigenvalue weighted by atomic mass is 32.2. The maximum atomic E-state index is 13.8. The van der Waals surface area contributed by atoms with Gasteiger partial charge in [0.1, 0.15) is 27.9 Å². The summed E-state index contributed by atoms with van der Waals surface area (Å²) in [5.74, 6) is 1.31. The highest BCUT2D eigenvalue weighted by molar-refractivity contribution is 8.00. The summed E-state index contributed by atoms with van der Waals surface area (Å²) < 4.78 is 6.81. The quantitative estimate of drug-likeness (QED) is 0.214. The van der Waals surface area contributed by atoms with Gasteiger partial charge in [0.25, 0.3) is 0 Å². The number of ether oxygens (including phenoxy) is 1. The van der Waals surface area contributed by atoms with Gasteiger partial charge in [-0.15, -0.1) is 23.1 Å². The number of thiazole rings is 1. The van der Waals surface area contributed by atoms with Crippen LogP contribution in [0.5, 0.6) is 5.88 Å². The zero-order valence-corrected chi connectivity index (χ0v) is 28.9. The number of benzene rings is 1. The molecule has 13 nitrogen and oxygen atoms in total. The molecule has 4 aromatic heterocycles. The largest absolute Gasteiger partial charge is 0.474 e. The number of rotatable bonds is 10. The van der Waals surface area contributed by atoms with E-state index >= 15 is 0 Å². The molecule has 1 saturated carbocycles. The summed E-state index contributed by atoms with van der Waals surface area (Å²) in [6.07, 6.45) is 13.2. The number of aryl methyl sites for hydroxylation is 1. The van der Waals surface area contributed by atoms with Gasteiger partial charge in [0.05, 0.1) is 16.9 Å². The monoisotopic (exact) mass is 696 g/mol. The second kappa shape index (κ2) is 13.0. The Balaban J connectivity index is 0.881. The van der Waals surface area contributed by atoms with E-state index in [9.17, 15) is 9.59 Å². The van der Waals surface area contributed by atoms with Gasteiger partial charge in [-0.1, -0.05) is 6.08 Å². The van der Waals surface area contributed by atoms with E-state index in [2.05, 4.69) is 46.5 Å². The summed E-state index contributed by atoms with van der Waals surface area (Å²) in [6, 6.07) is 9.59. The smallest absolute Gasteiger partial charge is 0.241 e. The number of likely N-dealkylation sites (tertiary alicyclic amines) is 1. The summed E-state index contributed by atoms with van der Waals surface area (Å²) in [5, 5.41) is 17.0. The Labute approximate surface area is 291 Å². The van der Waals surface area contributed by atoms with Crippen molar-refractivity contribution in [3.8, 4) is 27.8 Å². The highest BCUT2D eigenvalue weighted by Crippen LogP contribution is 2.37. The normalized spacial score (nSPS) is 19.7.